The largest absolute Gasteiger partial charge is 0.366 e. The van der Waals surface area contributed by atoms with Crippen LogP contribution in [0.5, 0.6) is 0 Å². The number of aryl methyl sites for hydroxylation is 1. The number of sulfone groups is 1. The third-order valence-corrected chi connectivity index (χ3v) is 6.45. The summed E-state index contributed by atoms with van der Waals surface area (Å²) < 4.78 is 23.7. The zero-order valence-corrected chi connectivity index (χ0v) is 19.2. The predicted molar refractivity (Wildman–Crippen MR) is 122 cm³/mol. The van der Waals surface area contributed by atoms with Gasteiger partial charge in [-0.25, -0.2) is 18.4 Å². The molecule has 1 saturated heterocycles. The number of piperidine rings is 1. The summed E-state index contributed by atoms with van der Waals surface area (Å²) in [6.07, 6.45) is 3.18. The predicted octanol–water partition coefficient (Wildman–Crippen LogP) is 1.71. The number of carbonyl (C=O) groups is 2. The molecule has 0 radical (unpaired) electrons. The number of nitrogens with one attached hydrogen (secondary N) is 2. The molecule has 4 N–H and O–H groups in total. The highest BCUT2D eigenvalue weighted by molar-refractivity contribution is 7.90. The van der Waals surface area contributed by atoms with Gasteiger partial charge in [0, 0.05) is 38.0 Å². The third-order valence-electron chi connectivity index (χ3n) is 5.34. The highest BCUT2D eigenvalue weighted by Crippen LogP contribution is 2.25. The molecule has 0 saturated carbocycles. The number of likely N-dealkylation sites (tertiary alicyclic amines) is 1. The Morgan fingerprint density at radius 3 is 2.44 bits per heavy atom. The minimum absolute atomic E-state index is 0.0245. The van der Waals surface area contributed by atoms with E-state index in [0.29, 0.717) is 36.7 Å². The van der Waals surface area contributed by atoms with Gasteiger partial charge in [-0.05, 0) is 37.5 Å². The van der Waals surface area contributed by atoms with E-state index in [9.17, 15) is 18.0 Å². The SMILES string of the molecule is CCc1nc(C(N)=O)c(Nc2cccc(S(C)(=O)=O)c2)nc1NC1CCN(C(C)=O)CC1. The standard InChI is InChI=1S/C21H28N6O4S/c1-4-17-20(23-14-8-10-27(11-9-14)13(2)28)26-21(18(25-17)19(22)29)24-15-6-5-7-16(12-15)32(3,30)31/h5-7,12,14H,4,8-11H2,1-3H3,(H2,22,29)(H2,23,24,26). The molecule has 1 aliphatic rings. The quantitative estimate of drug-likeness (QED) is 0.566. The van der Waals surface area contributed by atoms with Crippen molar-refractivity contribution in [3.63, 3.8) is 0 Å². The van der Waals surface area contributed by atoms with Crippen LogP contribution in [0.3, 0.4) is 0 Å². The van der Waals surface area contributed by atoms with Gasteiger partial charge in [-0.3, -0.25) is 9.59 Å². The van der Waals surface area contributed by atoms with E-state index in [-0.39, 0.29) is 28.4 Å². The highest BCUT2D eigenvalue weighted by atomic mass is 32.2. The number of carbonyl (C=O) groups excluding carboxylic acids is 2. The number of rotatable bonds is 7. The summed E-state index contributed by atoms with van der Waals surface area (Å²) in [6.45, 7) is 4.78. The van der Waals surface area contributed by atoms with Crippen LogP contribution in [0.15, 0.2) is 29.2 Å². The Morgan fingerprint density at radius 1 is 1.19 bits per heavy atom. The first-order valence-corrected chi connectivity index (χ1v) is 12.3. The number of benzene rings is 1. The summed E-state index contributed by atoms with van der Waals surface area (Å²) in [4.78, 5) is 34.5. The summed E-state index contributed by atoms with van der Waals surface area (Å²) in [7, 11) is -3.40. The number of anilines is 3. The van der Waals surface area contributed by atoms with Gasteiger partial charge in [-0.1, -0.05) is 13.0 Å². The average Bonchev–Trinajstić information content (AvgIpc) is 2.73. The number of hydrogen-bond acceptors (Lipinski definition) is 8. The Kier molecular flexibility index (Phi) is 6.97. The lowest BCUT2D eigenvalue weighted by Gasteiger charge is -2.32. The van der Waals surface area contributed by atoms with Gasteiger partial charge >= 0.3 is 0 Å². The van der Waals surface area contributed by atoms with Gasteiger partial charge in [0.05, 0.1) is 10.6 Å². The monoisotopic (exact) mass is 460 g/mol. The molecule has 2 aromatic rings. The van der Waals surface area contributed by atoms with Crippen LogP contribution in [-0.2, 0) is 21.1 Å². The maximum atomic E-state index is 12.0. The molecular formula is C21H28N6O4S. The lowest BCUT2D eigenvalue weighted by molar-refractivity contribution is -0.129. The van der Waals surface area contributed by atoms with Crippen molar-refractivity contribution in [1.29, 1.82) is 0 Å². The van der Waals surface area contributed by atoms with E-state index in [1.165, 1.54) is 12.1 Å². The molecule has 0 atom stereocenters. The Balaban J connectivity index is 1.91. The van der Waals surface area contributed by atoms with E-state index in [2.05, 4.69) is 20.6 Å². The normalized spacial score (nSPS) is 14.8. The molecule has 10 nitrogen and oxygen atoms in total. The summed E-state index contributed by atoms with van der Waals surface area (Å²) in [5, 5.41) is 6.37. The van der Waals surface area contributed by atoms with Gasteiger partial charge in [-0.2, -0.15) is 0 Å². The maximum Gasteiger partial charge on any atom is 0.271 e. The number of amides is 2. The fourth-order valence-corrected chi connectivity index (χ4v) is 4.23. The van der Waals surface area contributed by atoms with Crippen molar-refractivity contribution < 1.29 is 18.0 Å². The maximum absolute atomic E-state index is 12.0. The summed E-state index contributed by atoms with van der Waals surface area (Å²) in [5.74, 6) is -0.00837. The fraction of sp³-hybridized carbons (Fsp3) is 0.429. The van der Waals surface area contributed by atoms with Gasteiger partial charge in [0.15, 0.2) is 27.2 Å². The Bertz CT molecular complexity index is 1130. The Hall–Kier alpha value is -3.21. The molecule has 1 aromatic heterocycles. The average molecular weight is 461 g/mol. The van der Waals surface area contributed by atoms with Crippen LogP contribution in [0.2, 0.25) is 0 Å². The zero-order chi connectivity index (χ0) is 23.5. The van der Waals surface area contributed by atoms with Crippen molar-refractivity contribution in [3.05, 3.63) is 35.7 Å². The first-order chi connectivity index (χ1) is 15.1. The van der Waals surface area contributed by atoms with Crippen LogP contribution >= 0.6 is 0 Å². The van der Waals surface area contributed by atoms with Crippen molar-refractivity contribution in [2.45, 2.75) is 44.0 Å². The first-order valence-electron chi connectivity index (χ1n) is 10.4. The molecule has 172 valence electrons. The van der Waals surface area contributed by atoms with Gasteiger partial charge in [-0.15, -0.1) is 0 Å². The van der Waals surface area contributed by atoms with E-state index in [4.69, 9.17) is 5.73 Å². The van der Waals surface area contributed by atoms with Gasteiger partial charge < -0.3 is 21.3 Å². The second kappa shape index (κ2) is 9.51. The summed E-state index contributed by atoms with van der Waals surface area (Å²) in [6, 6.07) is 6.31. The summed E-state index contributed by atoms with van der Waals surface area (Å²) in [5.41, 5.74) is 6.55. The van der Waals surface area contributed by atoms with Crippen molar-refractivity contribution in [2.75, 3.05) is 30.0 Å². The van der Waals surface area contributed by atoms with Crippen LogP contribution in [0.25, 0.3) is 0 Å². The number of nitrogens with two attached hydrogens (primary N) is 1. The molecule has 1 fully saturated rings. The van der Waals surface area contributed by atoms with E-state index in [1.54, 1.807) is 19.1 Å². The molecule has 0 bridgehead atoms. The topological polar surface area (TPSA) is 147 Å². The third kappa shape index (κ3) is 5.52. The molecule has 2 heterocycles. The Labute approximate surface area is 187 Å². The van der Waals surface area contributed by atoms with Crippen LogP contribution in [0, 0.1) is 0 Å². The fourth-order valence-electron chi connectivity index (χ4n) is 3.56. The lowest BCUT2D eigenvalue weighted by atomic mass is 10.0. The minimum atomic E-state index is -3.40. The number of nitrogens with zero attached hydrogens (tertiary/aromatic N) is 3. The van der Waals surface area contributed by atoms with Gasteiger partial charge in [0.1, 0.15) is 0 Å². The van der Waals surface area contributed by atoms with Crippen molar-refractivity contribution in [3.8, 4) is 0 Å². The molecule has 11 heteroatoms. The van der Waals surface area contributed by atoms with Crippen LogP contribution in [0.1, 0.15) is 42.9 Å². The van der Waals surface area contributed by atoms with Crippen LogP contribution < -0.4 is 16.4 Å². The Morgan fingerprint density at radius 2 is 1.88 bits per heavy atom. The second-order valence-electron chi connectivity index (χ2n) is 7.78. The summed E-state index contributed by atoms with van der Waals surface area (Å²) >= 11 is 0. The molecule has 1 aliphatic heterocycles. The molecule has 0 spiro atoms. The molecule has 32 heavy (non-hydrogen) atoms. The van der Waals surface area contributed by atoms with Crippen LogP contribution in [-0.4, -0.2) is 60.5 Å². The van der Waals surface area contributed by atoms with Crippen molar-refractivity contribution in [1.82, 2.24) is 14.9 Å². The molecule has 3 rings (SSSR count). The van der Waals surface area contributed by atoms with E-state index in [1.807, 2.05) is 11.8 Å². The van der Waals surface area contributed by atoms with Crippen molar-refractivity contribution >= 4 is 39.0 Å². The van der Waals surface area contributed by atoms with E-state index in [0.717, 1.165) is 19.1 Å². The second-order valence-corrected chi connectivity index (χ2v) is 9.80. The zero-order valence-electron chi connectivity index (χ0n) is 18.4. The van der Waals surface area contributed by atoms with E-state index >= 15 is 0 Å². The highest BCUT2D eigenvalue weighted by Gasteiger charge is 2.23. The van der Waals surface area contributed by atoms with Crippen molar-refractivity contribution in [2.24, 2.45) is 5.73 Å². The number of primary amides is 1. The molecular weight excluding hydrogens is 432 g/mol. The number of hydrogen-bond donors (Lipinski definition) is 3. The van der Waals surface area contributed by atoms with E-state index < -0.39 is 15.7 Å². The lowest BCUT2D eigenvalue weighted by Crippen LogP contribution is -2.41. The smallest absolute Gasteiger partial charge is 0.271 e. The number of aromatic nitrogens is 2. The first kappa shape index (κ1) is 23.5. The molecule has 1 aromatic carbocycles. The molecule has 2 amide bonds. The van der Waals surface area contributed by atoms with Gasteiger partial charge in [0.25, 0.3) is 5.91 Å². The molecule has 0 unspecified atom stereocenters. The van der Waals surface area contributed by atoms with Gasteiger partial charge in [0.2, 0.25) is 5.91 Å². The van der Waals surface area contributed by atoms with Crippen LogP contribution in [0.4, 0.5) is 17.3 Å². The molecule has 0 aliphatic carbocycles. The minimum Gasteiger partial charge on any atom is -0.366 e.